The maximum absolute atomic E-state index is 5.80. The van der Waals surface area contributed by atoms with Gasteiger partial charge in [0.2, 0.25) is 0 Å². The molecule has 2 aromatic rings. The summed E-state index contributed by atoms with van der Waals surface area (Å²) in [7, 11) is 0. The zero-order valence-corrected chi connectivity index (χ0v) is 11.7. The molecule has 0 amide bonds. The molecule has 1 aromatic heterocycles. The SMILES string of the molecule is CCN1CCO[C@@H](CNc2ncnc3ccccc23)C1. The van der Waals surface area contributed by atoms with Crippen molar-refractivity contribution in [1.29, 1.82) is 0 Å². The lowest BCUT2D eigenvalue weighted by Crippen LogP contribution is -2.45. The molecule has 0 bridgehead atoms. The van der Waals surface area contributed by atoms with Crippen molar-refractivity contribution in [2.75, 3.05) is 38.1 Å². The molecule has 0 unspecified atom stereocenters. The van der Waals surface area contributed by atoms with Gasteiger partial charge in [0.1, 0.15) is 12.1 Å². The van der Waals surface area contributed by atoms with Crippen molar-refractivity contribution in [3.63, 3.8) is 0 Å². The monoisotopic (exact) mass is 272 g/mol. The number of likely N-dealkylation sites (N-methyl/N-ethyl adjacent to an activating group) is 1. The first-order chi connectivity index (χ1) is 9.86. The highest BCUT2D eigenvalue weighted by atomic mass is 16.5. The fraction of sp³-hybridized carbons (Fsp3) is 0.467. The van der Waals surface area contributed by atoms with Gasteiger partial charge in [-0.1, -0.05) is 19.1 Å². The Labute approximate surface area is 119 Å². The van der Waals surface area contributed by atoms with Crippen LogP contribution < -0.4 is 5.32 Å². The number of hydrogen-bond donors (Lipinski definition) is 1. The van der Waals surface area contributed by atoms with Crippen LogP contribution in [0.3, 0.4) is 0 Å². The van der Waals surface area contributed by atoms with Crippen molar-refractivity contribution in [3.05, 3.63) is 30.6 Å². The summed E-state index contributed by atoms with van der Waals surface area (Å²) >= 11 is 0. The van der Waals surface area contributed by atoms with Crippen LogP contribution in [0.4, 0.5) is 5.82 Å². The van der Waals surface area contributed by atoms with Gasteiger partial charge in [-0.3, -0.25) is 4.90 Å². The number of benzene rings is 1. The van der Waals surface area contributed by atoms with Crippen LogP contribution in [0.25, 0.3) is 10.9 Å². The molecule has 1 atom stereocenters. The quantitative estimate of drug-likeness (QED) is 0.919. The van der Waals surface area contributed by atoms with Gasteiger partial charge in [-0.2, -0.15) is 0 Å². The van der Waals surface area contributed by atoms with E-state index in [4.69, 9.17) is 4.74 Å². The highest BCUT2D eigenvalue weighted by molar-refractivity contribution is 5.88. The Morgan fingerprint density at radius 2 is 2.25 bits per heavy atom. The third-order valence-corrected chi connectivity index (χ3v) is 3.71. The van der Waals surface area contributed by atoms with Crippen molar-refractivity contribution in [2.45, 2.75) is 13.0 Å². The van der Waals surface area contributed by atoms with Gasteiger partial charge in [0.15, 0.2) is 0 Å². The van der Waals surface area contributed by atoms with E-state index in [9.17, 15) is 0 Å². The highest BCUT2D eigenvalue weighted by Crippen LogP contribution is 2.18. The summed E-state index contributed by atoms with van der Waals surface area (Å²) in [4.78, 5) is 11.0. The fourth-order valence-electron chi connectivity index (χ4n) is 2.55. The molecule has 1 fully saturated rings. The second-order valence-electron chi connectivity index (χ2n) is 5.01. The summed E-state index contributed by atoms with van der Waals surface area (Å²) in [5.41, 5.74) is 0.963. The van der Waals surface area contributed by atoms with Crippen molar-refractivity contribution in [2.24, 2.45) is 0 Å². The molecular formula is C15H20N4O. The summed E-state index contributed by atoms with van der Waals surface area (Å²) in [6.45, 7) is 6.86. The predicted octanol–water partition coefficient (Wildman–Crippen LogP) is 1.76. The first-order valence-electron chi connectivity index (χ1n) is 7.14. The second kappa shape index (κ2) is 6.15. The molecule has 0 radical (unpaired) electrons. The summed E-state index contributed by atoms with van der Waals surface area (Å²) in [5, 5.41) is 4.45. The van der Waals surface area contributed by atoms with E-state index in [1.807, 2.05) is 24.3 Å². The predicted molar refractivity (Wildman–Crippen MR) is 79.9 cm³/mol. The van der Waals surface area contributed by atoms with Crippen LogP contribution in [-0.2, 0) is 4.74 Å². The van der Waals surface area contributed by atoms with Crippen LogP contribution >= 0.6 is 0 Å². The number of morpholine rings is 1. The third kappa shape index (κ3) is 2.89. The van der Waals surface area contributed by atoms with E-state index in [2.05, 4.69) is 27.1 Å². The van der Waals surface area contributed by atoms with E-state index in [0.29, 0.717) is 0 Å². The summed E-state index contributed by atoms with van der Waals surface area (Å²) in [5.74, 6) is 0.882. The lowest BCUT2D eigenvalue weighted by Gasteiger charge is -2.32. The number of aromatic nitrogens is 2. The number of anilines is 1. The molecule has 20 heavy (non-hydrogen) atoms. The maximum Gasteiger partial charge on any atom is 0.137 e. The van der Waals surface area contributed by atoms with E-state index in [1.54, 1.807) is 6.33 Å². The largest absolute Gasteiger partial charge is 0.374 e. The van der Waals surface area contributed by atoms with Crippen LogP contribution in [0.2, 0.25) is 0 Å². The van der Waals surface area contributed by atoms with Crippen molar-refractivity contribution in [1.82, 2.24) is 14.9 Å². The average molecular weight is 272 g/mol. The molecule has 1 aliphatic rings. The van der Waals surface area contributed by atoms with Crippen molar-refractivity contribution >= 4 is 16.7 Å². The Kier molecular flexibility index (Phi) is 4.08. The summed E-state index contributed by atoms with van der Waals surface area (Å²) in [6.07, 6.45) is 1.82. The molecule has 5 heteroatoms. The van der Waals surface area contributed by atoms with Crippen LogP contribution in [0.5, 0.6) is 0 Å². The number of para-hydroxylation sites is 1. The number of nitrogens with one attached hydrogen (secondary N) is 1. The maximum atomic E-state index is 5.80. The normalized spacial score (nSPS) is 20.1. The summed E-state index contributed by atoms with van der Waals surface area (Å²) < 4.78 is 5.80. The van der Waals surface area contributed by atoms with E-state index in [-0.39, 0.29) is 6.10 Å². The van der Waals surface area contributed by atoms with Crippen molar-refractivity contribution in [3.8, 4) is 0 Å². The van der Waals surface area contributed by atoms with Gasteiger partial charge in [0.25, 0.3) is 0 Å². The Balaban J connectivity index is 1.68. The van der Waals surface area contributed by atoms with Crippen LogP contribution in [-0.4, -0.2) is 53.8 Å². The topological polar surface area (TPSA) is 50.3 Å². The molecule has 0 aliphatic carbocycles. The molecule has 3 rings (SSSR count). The number of fused-ring (bicyclic) bond motifs is 1. The molecule has 1 saturated heterocycles. The van der Waals surface area contributed by atoms with Gasteiger partial charge in [-0.05, 0) is 18.7 Å². The minimum absolute atomic E-state index is 0.220. The molecule has 1 aromatic carbocycles. The molecule has 1 N–H and O–H groups in total. The Hall–Kier alpha value is -1.72. The van der Waals surface area contributed by atoms with Gasteiger partial charge < -0.3 is 10.1 Å². The molecule has 1 aliphatic heterocycles. The first-order valence-corrected chi connectivity index (χ1v) is 7.14. The van der Waals surface area contributed by atoms with Crippen molar-refractivity contribution < 1.29 is 4.74 Å². The standard InChI is InChI=1S/C15H20N4O/c1-2-19-7-8-20-12(10-19)9-16-15-13-5-3-4-6-14(13)17-11-18-15/h3-6,11-12H,2,7-10H2,1H3,(H,16,17,18)/t12-/m0/s1. The molecule has 5 nitrogen and oxygen atoms in total. The van der Waals surface area contributed by atoms with Crippen LogP contribution in [0.1, 0.15) is 6.92 Å². The number of rotatable bonds is 4. The average Bonchev–Trinajstić information content (AvgIpc) is 2.53. The van der Waals surface area contributed by atoms with Gasteiger partial charge in [-0.25, -0.2) is 9.97 Å². The zero-order chi connectivity index (χ0) is 13.8. The third-order valence-electron chi connectivity index (χ3n) is 3.71. The summed E-state index contributed by atoms with van der Waals surface area (Å²) in [6, 6.07) is 8.03. The van der Waals surface area contributed by atoms with E-state index < -0.39 is 0 Å². The van der Waals surface area contributed by atoms with Gasteiger partial charge in [0, 0.05) is 25.0 Å². The zero-order valence-electron chi connectivity index (χ0n) is 11.7. The number of nitrogens with zero attached hydrogens (tertiary/aromatic N) is 3. The first kappa shape index (κ1) is 13.3. The molecule has 106 valence electrons. The fourth-order valence-corrected chi connectivity index (χ4v) is 2.55. The highest BCUT2D eigenvalue weighted by Gasteiger charge is 2.19. The lowest BCUT2D eigenvalue weighted by molar-refractivity contribution is -0.0192. The second-order valence-corrected chi connectivity index (χ2v) is 5.01. The van der Waals surface area contributed by atoms with E-state index in [0.717, 1.165) is 49.5 Å². The van der Waals surface area contributed by atoms with Gasteiger partial charge >= 0.3 is 0 Å². The molecule has 2 heterocycles. The van der Waals surface area contributed by atoms with E-state index in [1.165, 1.54) is 0 Å². The van der Waals surface area contributed by atoms with Crippen LogP contribution in [0, 0.1) is 0 Å². The van der Waals surface area contributed by atoms with Gasteiger partial charge in [0.05, 0.1) is 18.2 Å². The van der Waals surface area contributed by atoms with Crippen LogP contribution in [0.15, 0.2) is 30.6 Å². The number of hydrogen-bond acceptors (Lipinski definition) is 5. The minimum Gasteiger partial charge on any atom is -0.374 e. The lowest BCUT2D eigenvalue weighted by atomic mass is 10.2. The Morgan fingerprint density at radius 1 is 1.35 bits per heavy atom. The Morgan fingerprint density at radius 3 is 3.15 bits per heavy atom. The minimum atomic E-state index is 0.220. The van der Waals surface area contributed by atoms with E-state index >= 15 is 0 Å². The smallest absolute Gasteiger partial charge is 0.137 e. The molecule has 0 saturated carbocycles. The van der Waals surface area contributed by atoms with Gasteiger partial charge in [-0.15, -0.1) is 0 Å². The molecule has 0 spiro atoms. The Bertz CT molecular complexity index is 569. The molecular weight excluding hydrogens is 252 g/mol. The number of ether oxygens (including phenoxy) is 1.